The number of hydrogen-bond acceptors (Lipinski definition) is 3. The van der Waals surface area contributed by atoms with Gasteiger partial charge in [-0.2, -0.15) is 0 Å². The van der Waals surface area contributed by atoms with Crippen LogP contribution in [0.3, 0.4) is 0 Å². The lowest BCUT2D eigenvalue weighted by Crippen LogP contribution is -2.03. The number of ether oxygens (including phenoxy) is 1. The molecule has 0 saturated heterocycles. The molecule has 0 aliphatic carbocycles. The molecule has 0 radical (unpaired) electrons. The van der Waals surface area contributed by atoms with Gasteiger partial charge in [-0.3, -0.25) is 0 Å². The van der Waals surface area contributed by atoms with Crippen LogP contribution in [0.5, 0.6) is 0 Å². The maximum atomic E-state index is 11.1. The van der Waals surface area contributed by atoms with Crippen LogP contribution in [0.2, 0.25) is 0 Å². The van der Waals surface area contributed by atoms with Crippen molar-refractivity contribution in [3.63, 3.8) is 0 Å². The molecule has 1 heterocycles. The Morgan fingerprint density at radius 1 is 1.75 bits per heavy atom. The number of aromatic nitrogens is 1. The average molecular weight is 342 g/mol. The summed E-state index contributed by atoms with van der Waals surface area (Å²) in [6.07, 6.45) is 1.66. The van der Waals surface area contributed by atoms with Crippen molar-refractivity contribution in [1.29, 1.82) is 0 Å². The van der Waals surface area contributed by atoms with Crippen molar-refractivity contribution in [3.05, 3.63) is 26.0 Å². The SMILES string of the molecule is COC(=O)c1cc(I)cnc1Br. The second kappa shape index (κ2) is 4.18. The standard InChI is InChI=1S/C7H5BrINO2/c1-12-7(11)5-2-4(9)3-10-6(5)8/h2-3H,1H3. The van der Waals surface area contributed by atoms with Crippen molar-refractivity contribution in [1.82, 2.24) is 4.98 Å². The molecule has 1 aromatic heterocycles. The largest absolute Gasteiger partial charge is 0.465 e. The molecular formula is C7H5BrINO2. The summed E-state index contributed by atoms with van der Waals surface area (Å²) in [5.74, 6) is -0.382. The summed E-state index contributed by atoms with van der Waals surface area (Å²) in [7, 11) is 1.34. The Morgan fingerprint density at radius 3 is 3.00 bits per heavy atom. The van der Waals surface area contributed by atoms with E-state index in [4.69, 9.17) is 0 Å². The minimum atomic E-state index is -0.382. The molecule has 1 rings (SSSR count). The molecule has 0 spiro atoms. The van der Waals surface area contributed by atoms with Crippen molar-refractivity contribution in [2.45, 2.75) is 0 Å². The number of hydrogen-bond donors (Lipinski definition) is 0. The molecule has 0 unspecified atom stereocenters. The van der Waals surface area contributed by atoms with Crippen LogP contribution >= 0.6 is 38.5 Å². The molecule has 0 N–H and O–H groups in total. The maximum absolute atomic E-state index is 11.1. The van der Waals surface area contributed by atoms with Crippen LogP contribution in [0.25, 0.3) is 0 Å². The summed E-state index contributed by atoms with van der Waals surface area (Å²) in [4.78, 5) is 15.0. The summed E-state index contributed by atoms with van der Waals surface area (Å²) in [5.41, 5.74) is 0.449. The molecular weight excluding hydrogens is 337 g/mol. The molecule has 5 heteroatoms. The lowest BCUT2D eigenvalue weighted by Gasteiger charge is -2.00. The molecule has 0 fully saturated rings. The van der Waals surface area contributed by atoms with Gasteiger partial charge < -0.3 is 4.74 Å². The van der Waals surface area contributed by atoms with Gasteiger partial charge in [-0.25, -0.2) is 9.78 Å². The zero-order valence-electron chi connectivity index (χ0n) is 6.17. The van der Waals surface area contributed by atoms with E-state index in [9.17, 15) is 4.79 Å². The third kappa shape index (κ3) is 2.16. The van der Waals surface area contributed by atoms with Crippen molar-refractivity contribution in [3.8, 4) is 0 Å². The van der Waals surface area contributed by atoms with Gasteiger partial charge in [0.05, 0.1) is 12.7 Å². The topological polar surface area (TPSA) is 39.2 Å². The number of carbonyl (C=O) groups is 1. The van der Waals surface area contributed by atoms with Gasteiger partial charge >= 0.3 is 5.97 Å². The summed E-state index contributed by atoms with van der Waals surface area (Å²) >= 11 is 5.24. The first kappa shape index (κ1) is 9.91. The minimum Gasteiger partial charge on any atom is -0.465 e. The molecule has 0 aliphatic heterocycles. The highest BCUT2D eigenvalue weighted by Crippen LogP contribution is 2.16. The summed E-state index contributed by atoms with van der Waals surface area (Å²) in [6.45, 7) is 0. The zero-order valence-corrected chi connectivity index (χ0v) is 9.92. The molecule has 1 aromatic rings. The fourth-order valence-electron chi connectivity index (χ4n) is 0.676. The summed E-state index contributed by atoms with van der Waals surface area (Å²) in [6, 6.07) is 1.71. The Labute approximate surface area is 91.8 Å². The first-order valence-electron chi connectivity index (χ1n) is 3.04. The molecule has 0 aromatic carbocycles. The van der Waals surface area contributed by atoms with Gasteiger partial charge in [-0.05, 0) is 44.6 Å². The van der Waals surface area contributed by atoms with Crippen molar-refractivity contribution >= 4 is 44.5 Å². The van der Waals surface area contributed by atoms with Crippen molar-refractivity contribution in [2.75, 3.05) is 7.11 Å². The van der Waals surface area contributed by atoms with E-state index in [1.807, 2.05) is 0 Å². The number of pyridine rings is 1. The molecule has 0 saturated carbocycles. The first-order chi connectivity index (χ1) is 5.65. The number of rotatable bonds is 1. The van der Waals surface area contributed by atoms with Gasteiger partial charge in [-0.1, -0.05) is 0 Å². The van der Waals surface area contributed by atoms with Crippen LogP contribution in [-0.2, 0) is 4.74 Å². The second-order valence-corrected chi connectivity index (χ2v) is 3.98. The summed E-state index contributed by atoms with van der Waals surface area (Å²) in [5, 5.41) is 0. The fraction of sp³-hybridized carbons (Fsp3) is 0.143. The van der Waals surface area contributed by atoms with Crippen LogP contribution in [0, 0.1) is 3.57 Å². The summed E-state index contributed by atoms with van der Waals surface area (Å²) < 4.78 is 5.97. The molecule has 0 bridgehead atoms. The van der Waals surface area contributed by atoms with Crippen molar-refractivity contribution in [2.24, 2.45) is 0 Å². The quantitative estimate of drug-likeness (QED) is 0.447. The highest BCUT2D eigenvalue weighted by molar-refractivity contribution is 14.1. The van der Waals surface area contributed by atoms with Crippen LogP contribution in [0.1, 0.15) is 10.4 Å². The number of esters is 1. The lowest BCUT2D eigenvalue weighted by atomic mass is 10.3. The van der Waals surface area contributed by atoms with E-state index in [2.05, 4.69) is 48.2 Å². The fourth-order valence-corrected chi connectivity index (χ4v) is 1.51. The van der Waals surface area contributed by atoms with E-state index in [0.29, 0.717) is 10.2 Å². The van der Waals surface area contributed by atoms with E-state index in [1.54, 1.807) is 12.3 Å². The highest BCUT2D eigenvalue weighted by atomic mass is 127. The normalized spacial score (nSPS) is 9.58. The molecule has 0 amide bonds. The molecule has 64 valence electrons. The maximum Gasteiger partial charge on any atom is 0.340 e. The van der Waals surface area contributed by atoms with E-state index < -0.39 is 0 Å². The van der Waals surface area contributed by atoms with Crippen LogP contribution < -0.4 is 0 Å². The van der Waals surface area contributed by atoms with Gasteiger partial charge in [0.25, 0.3) is 0 Å². The van der Waals surface area contributed by atoms with Crippen LogP contribution in [0.4, 0.5) is 0 Å². The predicted octanol–water partition coefficient (Wildman–Crippen LogP) is 2.24. The monoisotopic (exact) mass is 341 g/mol. The van der Waals surface area contributed by atoms with E-state index in [-0.39, 0.29) is 5.97 Å². The number of halogens is 2. The van der Waals surface area contributed by atoms with E-state index in [0.717, 1.165) is 3.57 Å². The number of nitrogens with zero attached hydrogens (tertiary/aromatic N) is 1. The zero-order chi connectivity index (χ0) is 9.14. The van der Waals surface area contributed by atoms with Gasteiger partial charge in [0.15, 0.2) is 0 Å². The molecule has 3 nitrogen and oxygen atoms in total. The Kier molecular flexibility index (Phi) is 3.45. The minimum absolute atomic E-state index is 0.382. The first-order valence-corrected chi connectivity index (χ1v) is 4.91. The molecule has 12 heavy (non-hydrogen) atoms. The van der Waals surface area contributed by atoms with E-state index in [1.165, 1.54) is 7.11 Å². The van der Waals surface area contributed by atoms with E-state index >= 15 is 0 Å². The van der Waals surface area contributed by atoms with Gasteiger partial charge in [0.1, 0.15) is 4.60 Å². The van der Waals surface area contributed by atoms with Crippen molar-refractivity contribution < 1.29 is 9.53 Å². The number of carbonyl (C=O) groups excluding carboxylic acids is 1. The average Bonchev–Trinajstić information content (AvgIpc) is 2.08. The third-order valence-corrected chi connectivity index (χ3v) is 2.43. The van der Waals surface area contributed by atoms with Gasteiger partial charge in [0, 0.05) is 9.77 Å². The lowest BCUT2D eigenvalue weighted by molar-refractivity contribution is 0.0599. The number of methoxy groups -OCH3 is 1. The second-order valence-electron chi connectivity index (χ2n) is 1.98. The Morgan fingerprint density at radius 2 is 2.42 bits per heavy atom. The predicted molar refractivity (Wildman–Crippen MR) is 56.0 cm³/mol. The van der Waals surface area contributed by atoms with Crippen LogP contribution in [-0.4, -0.2) is 18.1 Å². The highest BCUT2D eigenvalue weighted by Gasteiger charge is 2.10. The Balaban J connectivity index is 3.13. The third-order valence-electron chi connectivity index (χ3n) is 1.21. The smallest absolute Gasteiger partial charge is 0.340 e. The van der Waals surface area contributed by atoms with Gasteiger partial charge in [0.2, 0.25) is 0 Å². The molecule has 0 aliphatic rings. The Hall–Kier alpha value is -0.170. The van der Waals surface area contributed by atoms with Crippen LogP contribution in [0.15, 0.2) is 16.9 Å². The Bertz CT molecular complexity index is 316. The molecule has 0 atom stereocenters. The van der Waals surface area contributed by atoms with Gasteiger partial charge in [-0.15, -0.1) is 0 Å².